The van der Waals surface area contributed by atoms with Crippen LogP contribution >= 0.6 is 11.6 Å². The highest BCUT2D eigenvalue weighted by Gasteiger charge is 2.00. The zero-order valence-electron chi connectivity index (χ0n) is 6.70. The van der Waals surface area contributed by atoms with Gasteiger partial charge >= 0.3 is 0 Å². The van der Waals surface area contributed by atoms with E-state index in [1.807, 2.05) is 0 Å². The number of benzene rings is 1. The maximum absolute atomic E-state index is 10.5. The summed E-state index contributed by atoms with van der Waals surface area (Å²) in [5.41, 5.74) is 0.804. The van der Waals surface area contributed by atoms with Crippen LogP contribution in [0.15, 0.2) is 24.3 Å². The molecule has 0 bridgehead atoms. The van der Waals surface area contributed by atoms with Gasteiger partial charge in [0.2, 0.25) is 0 Å². The van der Waals surface area contributed by atoms with Crippen molar-refractivity contribution in [1.29, 1.82) is 0 Å². The van der Waals surface area contributed by atoms with Gasteiger partial charge in [0.05, 0.1) is 0 Å². The van der Waals surface area contributed by atoms with Gasteiger partial charge < -0.3 is 0 Å². The second-order valence-corrected chi connectivity index (χ2v) is 4.31. The molecule has 0 fully saturated rings. The second kappa shape index (κ2) is 4.06. The van der Waals surface area contributed by atoms with E-state index in [4.69, 9.17) is 16.7 Å². The lowest BCUT2D eigenvalue weighted by Crippen LogP contribution is -2.30. The molecule has 6 heteroatoms. The van der Waals surface area contributed by atoms with Crippen molar-refractivity contribution in [2.75, 3.05) is 0 Å². The smallest absolute Gasteiger partial charge is 0.216 e. The Balaban J connectivity index is 2.61. The molecule has 0 radical (unpaired) electrons. The molecule has 1 rings (SSSR count). The summed E-state index contributed by atoms with van der Waals surface area (Å²) in [6.45, 7) is 0.177. The van der Waals surface area contributed by atoms with E-state index in [9.17, 15) is 8.42 Å². The fourth-order valence-electron chi connectivity index (χ4n) is 0.786. The first-order chi connectivity index (χ1) is 5.97. The van der Waals surface area contributed by atoms with Crippen molar-refractivity contribution in [2.45, 2.75) is 6.54 Å². The summed E-state index contributed by atoms with van der Waals surface area (Å²) in [5, 5.41) is 5.36. The van der Waals surface area contributed by atoms with Crippen molar-refractivity contribution in [1.82, 2.24) is 4.72 Å². The van der Waals surface area contributed by atoms with Gasteiger partial charge in [0, 0.05) is 11.6 Å². The lowest BCUT2D eigenvalue weighted by molar-refractivity contribution is 0.583. The van der Waals surface area contributed by atoms with Crippen molar-refractivity contribution in [3.63, 3.8) is 0 Å². The minimum absolute atomic E-state index is 0.177. The number of hydrogen-bond donors (Lipinski definition) is 2. The minimum atomic E-state index is -3.62. The van der Waals surface area contributed by atoms with Gasteiger partial charge in [0.15, 0.2) is 0 Å². The van der Waals surface area contributed by atoms with Crippen molar-refractivity contribution in [3.8, 4) is 0 Å². The molecule has 0 saturated carbocycles. The molecule has 0 aliphatic heterocycles. The molecule has 72 valence electrons. The third-order valence-corrected chi connectivity index (χ3v) is 2.19. The van der Waals surface area contributed by atoms with Crippen LogP contribution in [-0.2, 0) is 16.8 Å². The lowest BCUT2D eigenvalue weighted by Gasteiger charge is -2.01. The first kappa shape index (κ1) is 10.5. The third-order valence-electron chi connectivity index (χ3n) is 1.39. The van der Waals surface area contributed by atoms with E-state index in [0.717, 1.165) is 5.56 Å². The molecule has 0 aliphatic rings. The monoisotopic (exact) mass is 220 g/mol. The molecule has 0 aromatic heterocycles. The molecule has 0 unspecified atom stereocenters. The van der Waals surface area contributed by atoms with Crippen molar-refractivity contribution < 1.29 is 8.42 Å². The van der Waals surface area contributed by atoms with Crippen LogP contribution in [0.5, 0.6) is 0 Å². The Morgan fingerprint density at radius 3 is 2.31 bits per heavy atom. The van der Waals surface area contributed by atoms with E-state index in [-0.39, 0.29) is 6.54 Å². The quantitative estimate of drug-likeness (QED) is 0.785. The molecular weight excluding hydrogens is 212 g/mol. The number of nitrogens with two attached hydrogens (primary N) is 1. The summed E-state index contributed by atoms with van der Waals surface area (Å²) in [6.07, 6.45) is 0. The molecule has 1 aromatic rings. The van der Waals surface area contributed by atoms with Crippen LogP contribution < -0.4 is 9.86 Å². The zero-order chi connectivity index (χ0) is 9.90. The molecule has 0 heterocycles. The van der Waals surface area contributed by atoms with Crippen LogP contribution in [0.3, 0.4) is 0 Å². The number of nitrogens with one attached hydrogen (secondary N) is 1. The highest BCUT2D eigenvalue weighted by Crippen LogP contribution is 2.08. The van der Waals surface area contributed by atoms with Gasteiger partial charge in [-0.25, -0.2) is 5.14 Å². The number of halogens is 1. The van der Waals surface area contributed by atoms with Gasteiger partial charge in [0.1, 0.15) is 0 Å². The second-order valence-electron chi connectivity index (χ2n) is 2.49. The lowest BCUT2D eigenvalue weighted by atomic mass is 10.2. The average molecular weight is 221 g/mol. The Bertz CT molecular complexity index is 374. The summed E-state index contributed by atoms with van der Waals surface area (Å²) in [7, 11) is -3.62. The van der Waals surface area contributed by atoms with E-state index in [1.54, 1.807) is 24.3 Å². The molecule has 4 nitrogen and oxygen atoms in total. The van der Waals surface area contributed by atoms with Gasteiger partial charge in [-0.2, -0.15) is 13.1 Å². The summed E-state index contributed by atoms with van der Waals surface area (Å²) >= 11 is 5.64. The Morgan fingerprint density at radius 2 is 1.85 bits per heavy atom. The normalized spacial score (nSPS) is 11.5. The number of hydrogen-bond acceptors (Lipinski definition) is 2. The summed E-state index contributed by atoms with van der Waals surface area (Å²) < 4.78 is 23.2. The summed E-state index contributed by atoms with van der Waals surface area (Å²) in [6, 6.07) is 6.81. The maximum atomic E-state index is 10.5. The topological polar surface area (TPSA) is 72.2 Å². The highest BCUT2D eigenvalue weighted by atomic mass is 35.5. The molecular formula is C7H9ClN2O2S. The van der Waals surface area contributed by atoms with Crippen molar-refractivity contribution >= 4 is 21.8 Å². The fraction of sp³-hybridized carbons (Fsp3) is 0.143. The predicted octanol–water partition coefficient (Wildman–Crippen LogP) is 0.633. The first-order valence-corrected chi connectivity index (χ1v) is 5.41. The van der Waals surface area contributed by atoms with Gasteiger partial charge in [-0.1, -0.05) is 23.7 Å². The predicted molar refractivity (Wildman–Crippen MR) is 51.4 cm³/mol. The van der Waals surface area contributed by atoms with E-state index < -0.39 is 10.2 Å². The SMILES string of the molecule is NS(=O)(=O)NCc1ccc(Cl)cc1. The molecule has 1 aromatic carbocycles. The Kier molecular flexibility index (Phi) is 3.27. The van der Waals surface area contributed by atoms with E-state index in [0.29, 0.717) is 5.02 Å². The standard InChI is InChI=1S/C7H9ClN2O2S/c8-7-3-1-6(2-4-7)5-10-13(9,11)12/h1-4,10H,5H2,(H2,9,11,12). The van der Waals surface area contributed by atoms with Gasteiger partial charge in [0.25, 0.3) is 10.2 Å². The average Bonchev–Trinajstić information content (AvgIpc) is 2.02. The van der Waals surface area contributed by atoms with Crippen LogP contribution in [0.1, 0.15) is 5.56 Å². The van der Waals surface area contributed by atoms with E-state index in [1.165, 1.54) is 0 Å². The van der Waals surface area contributed by atoms with Crippen molar-refractivity contribution in [3.05, 3.63) is 34.9 Å². The molecule has 0 spiro atoms. The van der Waals surface area contributed by atoms with Gasteiger partial charge in [-0.05, 0) is 17.7 Å². The maximum Gasteiger partial charge on any atom is 0.274 e. The van der Waals surface area contributed by atoms with Gasteiger partial charge in [-0.3, -0.25) is 0 Å². The summed E-state index contributed by atoms with van der Waals surface area (Å²) in [4.78, 5) is 0. The highest BCUT2D eigenvalue weighted by molar-refractivity contribution is 7.87. The van der Waals surface area contributed by atoms with Crippen LogP contribution in [-0.4, -0.2) is 8.42 Å². The Morgan fingerprint density at radius 1 is 1.31 bits per heavy atom. The van der Waals surface area contributed by atoms with E-state index >= 15 is 0 Å². The molecule has 0 aliphatic carbocycles. The Labute approximate surface area is 81.9 Å². The molecule has 3 N–H and O–H groups in total. The largest absolute Gasteiger partial charge is 0.274 e. The van der Waals surface area contributed by atoms with Crippen LogP contribution in [0.2, 0.25) is 5.02 Å². The van der Waals surface area contributed by atoms with Crippen molar-refractivity contribution in [2.24, 2.45) is 5.14 Å². The van der Waals surface area contributed by atoms with E-state index in [2.05, 4.69) is 4.72 Å². The minimum Gasteiger partial charge on any atom is -0.216 e. The molecule has 0 amide bonds. The van der Waals surface area contributed by atoms with Crippen LogP contribution in [0.25, 0.3) is 0 Å². The fourth-order valence-corrected chi connectivity index (χ4v) is 1.28. The zero-order valence-corrected chi connectivity index (χ0v) is 8.27. The molecule has 13 heavy (non-hydrogen) atoms. The molecule has 0 atom stereocenters. The Hall–Kier alpha value is -0.620. The number of rotatable bonds is 3. The first-order valence-electron chi connectivity index (χ1n) is 3.49. The third kappa shape index (κ3) is 4.23. The van der Waals surface area contributed by atoms with Crippen LogP contribution in [0.4, 0.5) is 0 Å². The van der Waals surface area contributed by atoms with Gasteiger partial charge in [-0.15, -0.1) is 0 Å². The van der Waals surface area contributed by atoms with Crippen LogP contribution in [0, 0.1) is 0 Å². The summed E-state index contributed by atoms with van der Waals surface area (Å²) in [5.74, 6) is 0. The molecule has 0 saturated heterocycles.